The predicted octanol–water partition coefficient (Wildman–Crippen LogP) is 3.36. The van der Waals surface area contributed by atoms with E-state index in [9.17, 15) is 9.59 Å². The van der Waals surface area contributed by atoms with Gasteiger partial charge in [-0.05, 0) is 45.0 Å². The molecule has 0 aliphatic carbocycles. The SMILES string of the molecule is CCN(CC)c1ccc(C(=O)[C@H](C)/C=C(\C)C=CC(=O)NO)cc1. The van der Waals surface area contributed by atoms with Gasteiger partial charge < -0.3 is 4.90 Å². The van der Waals surface area contributed by atoms with E-state index in [1.807, 2.05) is 31.2 Å². The third kappa shape index (κ3) is 5.66. The van der Waals surface area contributed by atoms with Gasteiger partial charge in [-0.1, -0.05) is 24.6 Å². The lowest BCUT2D eigenvalue weighted by atomic mass is 9.97. The van der Waals surface area contributed by atoms with E-state index in [1.165, 1.54) is 11.6 Å². The minimum atomic E-state index is -0.603. The molecule has 0 aromatic heterocycles. The van der Waals surface area contributed by atoms with Crippen LogP contribution in [0.25, 0.3) is 0 Å². The summed E-state index contributed by atoms with van der Waals surface area (Å²) >= 11 is 0. The summed E-state index contributed by atoms with van der Waals surface area (Å²) in [5.74, 6) is -0.875. The van der Waals surface area contributed by atoms with Gasteiger partial charge >= 0.3 is 0 Å². The van der Waals surface area contributed by atoms with Gasteiger partial charge in [-0.2, -0.15) is 0 Å². The first-order valence-electron chi connectivity index (χ1n) is 8.12. The Labute approximate surface area is 143 Å². The molecule has 130 valence electrons. The molecule has 1 aromatic carbocycles. The van der Waals surface area contributed by atoms with Gasteiger partial charge in [0.15, 0.2) is 5.78 Å². The number of hydrogen-bond acceptors (Lipinski definition) is 4. The zero-order valence-corrected chi connectivity index (χ0v) is 14.7. The van der Waals surface area contributed by atoms with Crippen molar-refractivity contribution < 1.29 is 14.8 Å². The highest BCUT2D eigenvalue weighted by atomic mass is 16.5. The lowest BCUT2D eigenvalue weighted by molar-refractivity contribution is -0.124. The fourth-order valence-corrected chi connectivity index (χ4v) is 2.46. The predicted molar refractivity (Wildman–Crippen MR) is 96.3 cm³/mol. The second kappa shape index (κ2) is 9.67. The molecular weight excluding hydrogens is 304 g/mol. The van der Waals surface area contributed by atoms with Crippen LogP contribution in [0.2, 0.25) is 0 Å². The molecule has 1 atom stereocenters. The molecule has 0 unspecified atom stereocenters. The molecule has 1 aromatic rings. The number of Topliss-reactive ketones (excluding diaryl/α,β-unsaturated/α-hetero) is 1. The van der Waals surface area contributed by atoms with Gasteiger partial charge in [-0.3, -0.25) is 14.8 Å². The summed E-state index contributed by atoms with van der Waals surface area (Å²) in [6, 6.07) is 7.64. The molecule has 0 saturated carbocycles. The van der Waals surface area contributed by atoms with E-state index < -0.39 is 5.91 Å². The van der Waals surface area contributed by atoms with Gasteiger partial charge in [0.25, 0.3) is 5.91 Å². The Bertz CT molecular complexity index is 614. The zero-order valence-electron chi connectivity index (χ0n) is 14.7. The van der Waals surface area contributed by atoms with E-state index in [1.54, 1.807) is 19.1 Å². The van der Waals surface area contributed by atoms with Crippen molar-refractivity contribution in [3.8, 4) is 0 Å². The second-order valence-electron chi connectivity index (χ2n) is 5.59. The molecule has 0 fully saturated rings. The fourth-order valence-electron chi connectivity index (χ4n) is 2.46. The van der Waals surface area contributed by atoms with E-state index in [-0.39, 0.29) is 11.7 Å². The summed E-state index contributed by atoms with van der Waals surface area (Å²) in [6.45, 7) is 9.68. The number of hydrogen-bond donors (Lipinski definition) is 2. The summed E-state index contributed by atoms with van der Waals surface area (Å²) in [7, 11) is 0. The molecule has 24 heavy (non-hydrogen) atoms. The Morgan fingerprint density at radius 3 is 2.25 bits per heavy atom. The van der Waals surface area contributed by atoms with E-state index in [0.717, 1.165) is 24.4 Å². The zero-order chi connectivity index (χ0) is 18.1. The molecular formula is C19H26N2O3. The highest BCUT2D eigenvalue weighted by molar-refractivity contribution is 5.99. The lowest BCUT2D eigenvalue weighted by Crippen LogP contribution is -2.21. The summed E-state index contributed by atoms with van der Waals surface area (Å²) in [5, 5.41) is 8.44. The number of benzene rings is 1. The van der Waals surface area contributed by atoms with E-state index in [4.69, 9.17) is 5.21 Å². The van der Waals surface area contributed by atoms with Crippen LogP contribution in [0.15, 0.2) is 48.1 Å². The molecule has 0 saturated heterocycles. The molecule has 0 bridgehead atoms. The van der Waals surface area contributed by atoms with Crippen LogP contribution in [0.4, 0.5) is 5.69 Å². The van der Waals surface area contributed by atoms with Crippen LogP contribution < -0.4 is 10.4 Å². The summed E-state index contributed by atoms with van der Waals surface area (Å²) in [6.07, 6.45) is 4.56. The maximum atomic E-state index is 12.5. The largest absolute Gasteiger partial charge is 0.372 e. The van der Waals surface area contributed by atoms with Gasteiger partial charge in [0.2, 0.25) is 0 Å². The number of hydroxylamine groups is 1. The molecule has 5 heteroatoms. The van der Waals surface area contributed by atoms with Crippen LogP contribution in [-0.4, -0.2) is 30.0 Å². The molecule has 0 spiro atoms. The van der Waals surface area contributed by atoms with Gasteiger partial charge in [-0.15, -0.1) is 0 Å². The minimum absolute atomic E-state index is 0.0282. The topological polar surface area (TPSA) is 69.6 Å². The van der Waals surface area contributed by atoms with Crippen LogP contribution in [-0.2, 0) is 4.79 Å². The Morgan fingerprint density at radius 1 is 1.17 bits per heavy atom. The van der Waals surface area contributed by atoms with Gasteiger partial charge in [-0.25, -0.2) is 5.48 Å². The average Bonchev–Trinajstić information content (AvgIpc) is 2.60. The van der Waals surface area contributed by atoms with Crippen molar-refractivity contribution in [3.05, 3.63) is 53.6 Å². The number of carbonyl (C=O) groups excluding carboxylic acids is 2. The number of rotatable bonds is 8. The standard InChI is InChI=1S/C19H26N2O3/c1-5-21(6-2)17-10-8-16(9-11-17)19(23)15(4)13-14(3)7-12-18(22)20-24/h7-13,15,24H,5-6H2,1-4H3,(H,20,22)/b12-7?,14-13+/t15-/m1/s1. The molecule has 2 N–H and O–H groups in total. The average molecular weight is 330 g/mol. The van der Waals surface area contributed by atoms with Gasteiger partial charge in [0.1, 0.15) is 0 Å². The van der Waals surface area contributed by atoms with Crippen molar-refractivity contribution >= 4 is 17.4 Å². The Hall–Kier alpha value is -2.40. The van der Waals surface area contributed by atoms with Crippen LogP contribution in [0.5, 0.6) is 0 Å². The molecule has 0 heterocycles. The highest BCUT2D eigenvalue weighted by Gasteiger charge is 2.13. The van der Waals surface area contributed by atoms with Crippen LogP contribution in [0.3, 0.4) is 0 Å². The summed E-state index contributed by atoms with van der Waals surface area (Å²) in [5.41, 5.74) is 4.07. The quantitative estimate of drug-likeness (QED) is 0.252. The summed E-state index contributed by atoms with van der Waals surface area (Å²) < 4.78 is 0. The Kier molecular flexibility index (Phi) is 7.92. The number of amides is 1. The Balaban J connectivity index is 2.82. The maximum Gasteiger partial charge on any atom is 0.267 e. The van der Waals surface area contributed by atoms with Crippen molar-refractivity contribution in [3.63, 3.8) is 0 Å². The second-order valence-corrected chi connectivity index (χ2v) is 5.59. The van der Waals surface area contributed by atoms with Crippen molar-refractivity contribution in [2.24, 2.45) is 5.92 Å². The molecule has 0 aliphatic rings. The Morgan fingerprint density at radius 2 is 1.75 bits per heavy atom. The van der Waals surface area contributed by atoms with E-state index in [2.05, 4.69) is 18.7 Å². The minimum Gasteiger partial charge on any atom is -0.372 e. The molecule has 0 radical (unpaired) electrons. The molecule has 5 nitrogen and oxygen atoms in total. The first-order valence-corrected chi connectivity index (χ1v) is 8.12. The maximum absolute atomic E-state index is 12.5. The van der Waals surface area contributed by atoms with Gasteiger partial charge in [0.05, 0.1) is 0 Å². The number of anilines is 1. The van der Waals surface area contributed by atoms with Crippen LogP contribution >= 0.6 is 0 Å². The monoisotopic (exact) mass is 330 g/mol. The van der Waals surface area contributed by atoms with Gasteiger partial charge in [0, 0.05) is 36.3 Å². The fraction of sp³-hybridized carbons (Fsp3) is 0.368. The number of nitrogens with zero attached hydrogens (tertiary/aromatic N) is 1. The van der Waals surface area contributed by atoms with Crippen molar-refractivity contribution in [2.45, 2.75) is 27.7 Å². The van der Waals surface area contributed by atoms with Crippen molar-refractivity contribution in [1.29, 1.82) is 0 Å². The van der Waals surface area contributed by atoms with Crippen LogP contribution in [0.1, 0.15) is 38.1 Å². The molecule has 0 aliphatic heterocycles. The van der Waals surface area contributed by atoms with Crippen molar-refractivity contribution in [1.82, 2.24) is 5.48 Å². The highest BCUT2D eigenvalue weighted by Crippen LogP contribution is 2.18. The first kappa shape index (κ1) is 19.6. The molecule has 1 rings (SSSR count). The van der Waals surface area contributed by atoms with E-state index in [0.29, 0.717) is 5.56 Å². The molecule has 1 amide bonds. The third-order valence-corrected chi connectivity index (χ3v) is 3.81. The van der Waals surface area contributed by atoms with E-state index >= 15 is 0 Å². The number of allylic oxidation sites excluding steroid dienone is 3. The van der Waals surface area contributed by atoms with Crippen LogP contribution in [0, 0.1) is 5.92 Å². The lowest BCUT2D eigenvalue weighted by Gasteiger charge is -2.21. The number of ketones is 1. The number of carbonyl (C=O) groups is 2. The van der Waals surface area contributed by atoms with Crippen molar-refractivity contribution in [2.75, 3.05) is 18.0 Å². The third-order valence-electron chi connectivity index (χ3n) is 3.81. The normalized spacial score (nSPS) is 13.0. The smallest absolute Gasteiger partial charge is 0.267 e. The first-order chi connectivity index (χ1) is 11.4. The summed E-state index contributed by atoms with van der Waals surface area (Å²) in [4.78, 5) is 25.7. The number of nitrogens with one attached hydrogen (secondary N) is 1.